The number of hydrogen-bond acceptors (Lipinski definition) is 2. The van der Waals surface area contributed by atoms with E-state index in [2.05, 4.69) is 19.2 Å². The van der Waals surface area contributed by atoms with Crippen LogP contribution in [0.4, 0.5) is 0 Å². The summed E-state index contributed by atoms with van der Waals surface area (Å²) in [6.07, 6.45) is 5.00. The second-order valence-corrected chi connectivity index (χ2v) is 5.77. The molecular weight excluding hydrogens is 260 g/mol. The van der Waals surface area contributed by atoms with E-state index in [1.807, 2.05) is 24.3 Å². The van der Waals surface area contributed by atoms with E-state index in [1.54, 1.807) is 0 Å². The van der Waals surface area contributed by atoms with Crippen LogP contribution in [0.25, 0.3) is 10.9 Å². The van der Waals surface area contributed by atoms with Gasteiger partial charge in [-0.05, 0) is 43.7 Å². The van der Waals surface area contributed by atoms with Gasteiger partial charge in [0, 0.05) is 17.1 Å². The molecule has 0 saturated heterocycles. The molecule has 110 valence electrons. The van der Waals surface area contributed by atoms with Crippen LogP contribution >= 0.6 is 0 Å². The molecule has 0 bridgehead atoms. The second-order valence-electron chi connectivity index (χ2n) is 5.77. The lowest BCUT2D eigenvalue weighted by Crippen LogP contribution is -2.34. The first-order valence-corrected chi connectivity index (χ1v) is 7.96. The van der Waals surface area contributed by atoms with Gasteiger partial charge in [0.25, 0.3) is 5.91 Å². The molecule has 1 amide bonds. The number of benzene rings is 1. The van der Waals surface area contributed by atoms with Crippen LogP contribution in [0.3, 0.4) is 0 Å². The number of carbonyl (C=O) groups excluding carboxylic acids is 1. The maximum atomic E-state index is 12.8. The summed E-state index contributed by atoms with van der Waals surface area (Å²) in [6, 6.07) is 8.24. The molecule has 3 rings (SSSR count). The van der Waals surface area contributed by atoms with E-state index >= 15 is 0 Å². The number of para-hydroxylation sites is 1. The zero-order valence-corrected chi connectivity index (χ0v) is 12.8. The molecule has 0 radical (unpaired) electrons. The van der Waals surface area contributed by atoms with Crippen molar-refractivity contribution in [2.45, 2.75) is 52.0 Å². The average molecular weight is 282 g/mol. The van der Waals surface area contributed by atoms with Gasteiger partial charge < -0.3 is 5.32 Å². The molecule has 0 unspecified atom stereocenters. The molecule has 1 aliphatic carbocycles. The van der Waals surface area contributed by atoms with E-state index in [-0.39, 0.29) is 11.9 Å². The maximum Gasteiger partial charge on any atom is 0.252 e. The second kappa shape index (κ2) is 5.84. The van der Waals surface area contributed by atoms with Gasteiger partial charge in [0.2, 0.25) is 0 Å². The minimum absolute atomic E-state index is 0.0699. The lowest BCUT2D eigenvalue weighted by Gasteiger charge is -2.17. The Balaban J connectivity index is 2.10. The number of nitrogens with one attached hydrogen (secondary N) is 1. The van der Waals surface area contributed by atoms with Crippen molar-refractivity contribution in [3.05, 3.63) is 41.1 Å². The molecule has 1 heterocycles. The Morgan fingerprint density at radius 2 is 2.00 bits per heavy atom. The molecule has 1 aromatic heterocycles. The van der Waals surface area contributed by atoms with Gasteiger partial charge in [0.05, 0.1) is 11.1 Å². The average Bonchev–Trinajstić information content (AvgIpc) is 2.97. The number of fused-ring (bicyclic) bond motifs is 2. The topological polar surface area (TPSA) is 42.0 Å². The molecule has 1 N–H and O–H groups in total. The number of aryl methyl sites for hydroxylation is 1. The minimum Gasteiger partial charge on any atom is -0.349 e. The zero-order valence-electron chi connectivity index (χ0n) is 12.8. The highest BCUT2D eigenvalue weighted by molar-refractivity contribution is 6.07. The summed E-state index contributed by atoms with van der Waals surface area (Å²) in [5, 5.41) is 4.18. The van der Waals surface area contributed by atoms with Crippen molar-refractivity contribution in [3.63, 3.8) is 0 Å². The predicted octanol–water partition coefficient (Wildman–Crippen LogP) is 3.64. The largest absolute Gasteiger partial charge is 0.349 e. The van der Waals surface area contributed by atoms with E-state index in [9.17, 15) is 4.79 Å². The molecule has 3 nitrogen and oxygen atoms in total. The van der Waals surface area contributed by atoms with Crippen molar-refractivity contribution >= 4 is 16.8 Å². The van der Waals surface area contributed by atoms with Crippen molar-refractivity contribution in [2.24, 2.45) is 0 Å². The third-order valence-corrected chi connectivity index (χ3v) is 4.47. The third kappa shape index (κ3) is 2.53. The quantitative estimate of drug-likeness (QED) is 0.930. The lowest BCUT2D eigenvalue weighted by atomic mass is 10.00. The molecule has 0 saturated carbocycles. The molecule has 1 aliphatic rings. The van der Waals surface area contributed by atoms with Crippen molar-refractivity contribution in [2.75, 3.05) is 0 Å². The van der Waals surface area contributed by atoms with E-state index in [1.165, 1.54) is 0 Å². The Morgan fingerprint density at radius 3 is 2.76 bits per heavy atom. The maximum absolute atomic E-state index is 12.8. The van der Waals surface area contributed by atoms with Crippen LogP contribution in [-0.4, -0.2) is 16.9 Å². The summed E-state index contributed by atoms with van der Waals surface area (Å²) in [7, 11) is 0. The van der Waals surface area contributed by atoms with Crippen LogP contribution < -0.4 is 5.32 Å². The molecule has 0 aliphatic heterocycles. The number of nitrogens with zero attached hydrogens (tertiary/aromatic N) is 1. The molecule has 2 aromatic rings. The summed E-state index contributed by atoms with van der Waals surface area (Å²) in [6.45, 7) is 4.23. The SMILES string of the molecule is CCC(CC)NC(=O)c1c2c(nc3ccccc13)CCC2. The van der Waals surface area contributed by atoms with Crippen LogP contribution in [0.2, 0.25) is 0 Å². The number of carbonyl (C=O) groups is 1. The van der Waals surface area contributed by atoms with Crippen LogP contribution in [0.15, 0.2) is 24.3 Å². The summed E-state index contributed by atoms with van der Waals surface area (Å²) >= 11 is 0. The van der Waals surface area contributed by atoms with Gasteiger partial charge in [-0.3, -0.25) is 9.78 Å². The first-order valence-electron chi connectivity index (χ1n) is 7.96. The summed E-state index contributed by atoms with van der Waals surface area (Å²) in [5.74, 6) is 0.0699. The van der Waals surface area contributed by atoms with Gasteiger partial charge in [0.1, 0.15) is 0 Å². The Labute approximate surface area is 125 Å². The molecule has 0 fully saturated rings. The van der Waals surface area contributed by atoms with Crippen LogP contribution in [0, 0.1) is 0 Å². The number of amides is 1. The summed E-state index contributed by atoms with van der Waals surface area (Å²) < 4.78 is 0. The van der Waals surface area contributed by atoms with Gasteiger partial charge in [-0.25, -0.2) is 0 Å². The van der Waals surface area contributed by atoms with Gasteiger partial charge in [0.15, 0.2) is 0 Å². The molecule has 0 atom stereocenters. The van der Waals surface area contributed by atoms with Gasteiger partial charge in [-0.2, -0.15) is 0 Å². The summed E-state index contributed by atoms with van der Waals surface area (Å²) in [5.41, 5.74) is 4.08. The monoisotopic (exact) mass is 282 g/mol. The Bertz CT molecular complexity index is 674. The normalized spacial score (nSPS) is 13.7. The highest BCUT2D eigenvalue weighted by Gasteiger charge is 2.24. The zero-order chi connectivity index (χ0) is 14.8. The van der Waals surface area contributed by atoms with E-state index in [0.29, 0.717) is 0 Å². The standard InChI is InChI=1S/C18H22N2O/c1-3-12(4-2)19-18(21)17-13-8-5-6-10-15(13)20-16-11-7-9-14(16)17/h5-6,8,10,12H,3-4,7,9,11H2,1-2H3,(H,19,21). The fourth-order valence-corrected chi connectivity index (χ4v) is 3.22. The van der Waals surface area contributed by atoms with Crippen LogP contribution in [-0.2, 0) is 12.8 Å². The smallest absolute Gasteiger partial charge is 0.252 e. The van der Waals surface area contributed by atoms with Crippen molar-refractivity contribution < 1.29 is 4.79 Å². The number of pyridine rings is 1. The lowest BCUT2D eigenvalue weighted by molar-refractivity contribution is 0.0935. The molecule has 1 aromatic carbocycles. The van der Waals surface area contributed by atoms with Crippen LogP contribution in [0.1, 0.15) is 54.7 Å². The fraction of sp³-hybridized carbons (Fsp3) is 0.444. The van der Waals surface area contributed by atoms with Gasteiger partial charge in [-0.1, -0.05) is 32.0 Å². The van der Waals surface area contributed by atoms with Crippen LogP contribution in [0.5, 0.6) is 0 Å². The van der Waals surface area contributed by atoms with Crippen molar-refractivity contribution in [1.82, 2.24) is 10.3 Å². The highest BCUT2D eigenvalue weighted by atomic mass is 16.1. The molecule has 0 spiro atoms. The third-order valence-electron chi connectivity index (χ3n) is 4.47. The highest BCUT2D eigenvalue weighted by Crippen LogP contribution is 2.30. The van der Waals surface area contributed by atoms with E-state index in [4.69, 9.17) is 4.98 Å². The van der Waals surface area contributed by atoms with Gasteiger partial charge in [-0.15, -0.1) is 0 Å². The minimum atomic E-state index is 0.0699. The molecular formula is C18H22N2O. The predicted molar refractivity (Wildman–Crippen MR) is 85.6 cm³/mol. The first kappa shape index (κ1) is 14.1. The number of aromatic nitrogens is 1. The first-order chi connectivity index (χ1) is 10.2. The van der Waals surface area contributed by atoms with E-state index < -0.39 is 0 Å². The van der Waals surface area contributed by atoms with Crippen molar-refractivity contribution in [1.29, 1.82) is 0 Å². The Kier molecular flexibility index (Phi) is 3.91. The fourth-order valence-electron chi connectivity index (χ4n) is 3.22. The van der Waals surface area contributed by atoms with Crippen molar-refractivity contribution in [3.8, 4) is 0 Å². The molecule has 21 heavy (non-hydrogen) atoms. The number of hydrogen-bond donors (Lipinski definition) is 1. The number of rotatable bonds is 4. The molecule has 3 heteroatoms. The summed E-state index contributed by atoms with van der Waals surface area (Å²) in [4.78, 5) is 17.5. The van der Waals surface area contributed by atoms with E-state index in [0.717, 1.165) is 59.8 Å². The Hall–Kier alpha value is -1.90. The Morgan fingerprint density at radius 1 is 1.24 bits per heavy atom. The van der Waals surface area contributed by atoms with Gasteiger partial charge >= 0.3 is 0 Å².